The molecule has 3 aromatic rings. The van der Waals surface area contributed by atoms with Crippen molar-refractivity contribution in [2.24, 2.45) is 0 Å². The molecule has 0 amide bonds. The maximum absolute atomic E-state index is 6.02. The Hall–Kier alpha value is -2.33. The van der Waals surface area contributed by atoms with Crippen molar-refractivity contribution >= 4 is 22.4 Å². The molecule has 2 aromatic carbocycles. The summed E-state index contributed by atoms with van der Waals surface area (Å²) in [6.45, 7) is 0. The van der Waals surface area contributed by atoms with Crippen LogP contribution in [0.4, 0.5) is 0 Å². The van der Waals surface area contributed by atoms with E-state index in [1.54, 1.807) is 19.4 Å². The van der Waals surface area contributed by atoms with Crippen LogP contribution in [0.3, 0.4) is 0 Å². The average molecular weight is 301 g/mol. The molecule has 1 heterocycles. The Morgan fingerprint density at radius 1 is 1.14 bits per heavy atom. The van der Waals surface area contributed by atoms with Crippen molar-refractivity contribution < 1.29 is 9.47 Å². The zero-order valence-corrected chi connectivity index (χ0v) is 12.2. The maximum atomic E-state index is 6.02. The predicted molar refractivity (Wildman–Crippen MR) is 82.2 cm³/mol. The lowest BCUT2D eigenvalue weighted by molar-refractivity contribution is 0.376. The van der Waals surface area contributed by atoms with Crippen molar-refractivity contribution in [3.63, 3.8) is 0 Å². The highest BCUT2D eigenvalue weighted by Gasteiger charge is 2.07. The third-order valence-corrected chi connectivity index (χ3v) is 3.38. The third-order valence-electron chi connectivity index (χ3n) is 3.09. The van der Waals surface area contributed by atoms with Gasteiger partial charge in [-0.15, -0.1) is 11.6 Å². The Bertz CT molecular complexity index is 777. The summed E-state index contributed by atoms with van der Waals surface area (Å²) in [6.07, 6.45) is 1.59. The first kappa shape index (κ1) is 13.6. The van der Waals surface area contributed by atoms with E-state index in [1.165, 1.54) is 0 Å². The standard InChI is InChI=1S/C16H13ClN2O2/c1-20-15-6-7-18-16(19-15)21-13-8-11-4-2-3-5-14(11)12(9-13)10-17/h2-9H,10H2,1H3. The van der Waals surface area contributed by atoms with Crippen LogP contribution in [0.5, 0.6) is 17.6 Å². The molecule has 0 N–H and O–H groups in total. The van der Waals surface area contributed by atoms with E-state index in [9.17, 15) is 0 Å². The van der Waals surface area contributed by atoms with E-state index >= 15 is 0 Å². The maximum Gasteiger partial charge on any atom is 0.325 e. The molecule has 5 heteroatoms. The number of hydrogen-bond acceptors (Lipinski definition) is 4. The van der Waals surface area contributed by atoms with Gasteiger partial charge in [0.05, 0.1) is 7.11 Å². The van der Waals surface area contributed by atoms with Gasteiger partial charge in [0.25, 0.3) is 0 Å². The second-order valence-electron chi connectivity index (χ2n) is 4.42. The van der Waals surface area contributed by atoms with Crippen LogP contribution in [-0.2, 0) is 5.88 Å². The Labute approximate surface area is 127 Å². The molecule has 0 aliphatic carbocycles. The number of methoxy groups -OCH3 is 1. The molecule has 0 radical (unpaired) electrons. The van der Waals surface area contributed by atoms with Gasteiger partial charge in [0.15, 0.2) is 0 Å². The molecule has 0 aliphatic heterocycles. The van der Waals surface area contributed by atoms with Gasteiger partial charge < -0.3 is 9.47 Å². The molecule has 1 aromatic heterocycles. The van der Waals surface area contributed by atoms with Gasteiger partial charge >= 0.3 is 6.01 Å². The largest absolute Gasteiger partial charge is 0.481 e. The van der Waals surface area contributed by atoms with Crippen molar-refractivity contribution in [1.29, 1.82) is 0 Å². The van der Waals surface area contributed by atoms with Crippen LogP contribution in [0.25, 0.3) is 10.8 Å². The third kappa shape index (κ3) is 2.90. The van der Waals surface area contributed by atoms with Gasteiger partial charge in [-0.1, -0.05) is 24.3 Å². The van der Waals surface area contributed by atoms with Crippen molar-refractivity contribution in [1.82, 2.24) is 9.97 Å². The summed E-state index contributed by atoms with van der Waals surface area (Å²) in [4.78, 5) is 8.21. The number of alkyl halides is 1. The minimum Gasteiger partial charge on any atom is -0.481 e. The van der Waals surface area contributed by atoms with Crippen LogP contribution in [0.2, 0.25) is 0 Å². The van der Waals surface area contributed by atoms with Crippen LogP contribution in [0.15, 0.2) is 48.7 Å². The van der Waals surface area contributed by atoms with E-state index in [0.717, 1.165) is 16.3 Å². The molecular formula is C16H13ClN2O2. The molecule has 21 heavy (non-hydrogen) atoms. The summed E-state index contributed by atoms with van der Waals surface area (Å²) in [5.41, 5.74) is 1.01. The highest BCUT2D eigenvalue weighted by Crippen LogP contribution is 2.29. The number of rotatable bonds is 4. The van der Waals surface area contributed by atoms with E-state index in [4.69, 9.17) is 21.1 Å². The minimum atomic E-state index is 0.241. The van der Waals surface area contributed by atoms with Gasteiger partial charge in [-0.05, 0) is 28.5 Å². The van der Waals surface area contributed by atoms with Gasteiger partial charge in [-0.2, -0.15) is 4.98 Å². The van der Waals surface area contributed by atoms with Gasteiger partial charge in [-0.25, -0.2) is 4.98 Å². The topological polar surface area (TPSA) is 44.2 Å². The molecule has 3 rings (SSSR count). The first-order valence-electron chi connectivity index (χ1n) is 6.42. The zero-order chi connectivity index (χ0) is 14.7. The molecule has 4 nitrogen and oxygen atoms in total. The molecule has 106 valence electrons. The predicted octanol–water partition coefficient (Wildman–Crippen LogP) is 4.17. The van der Waals surface area contributed by atoms with Crippen molar-refractivity contribution in [3.05, 3.63) is 54.2 Å². The Kier molecular flexibility index (Phi) is 3.88. The molecule has 0 atom stereocenters. The lowest BCUT2D eigenvalue weighted by Crippen LogP contribution is -1.95. The van der Waals surface area contributed by atoms with Crippen molar-refractivity contribution in [2.45, 2.75) is 5.88 Å². The number of nitrogens with zero attached hydrogens (tertiary/aromatic N) is 2. The van der Waals surface area contributed by atoms with Crippen LogP contribution in [-0.4, -0.2) is 17.1 Å². The summed E-state index contributed by atoms with van der Waals surface area (Å²) in [5.74, 6) is 1.52. The fraction of sp³-hybridized carbons (Fsp3) is 0.125. The Morgan fingerprint density at radius 2 is 2.00 bits per heavy atom. The van der Waals surface area contributed by atoms with Crippen molar-refractivity contribution in [2.75, 3.05) is 7.11 Å². The molecule has 0 fully saturated rings. The van der Waals surface area contributed by atoms with Crippen LogP contribution >= 0.6 is 11.6 Å². The molecule has 0 saturated heterocycles. The number of hydrogen-bond donors (Lipinski definition) is 0. The monoisotopic (exact) mass is 300 g/mol. The Morgan fingerprint density at radius 3 is 2.81 bits per heavy atom. The number of halogens is 1. The summed E-state index contributed by atoms with van der Waals surface area (Å²) in [5, 5.41) is 2.18. The minimum absolute atomic E-state index is 0.241. The van der Waals surface area contributed by atoms with Gasteiger partial charge in [0, 0.05) is 18.1 Å². The van der Waals surface area contributed by atoms with E-state index < -0.39 is 0 Å². The van der Waals surface area contributed by atoms with Gasteiger partial charge in [-0.3, -0.25) is 0 Å². The van der Waals surface area contributed by atoms with Gasteiger partial charge in [0.2, 0.25) is 5.88 Å². The lowest BCUT2D eigenvalue weighted by atomic mass is 10.1. The van der Waals surface area contributed by atoms with Crippen molar-refractivity contribution in [3.8, 4) is 17.6 Å². The summed E-state index contributed by atoms with van der Waals surface area (Å²) < 4.78 is 10.8. The van der Waals surface area contributed by atoms with E-state index in [2.05, 4.69) is 9.97 Å². The second kappa shape index (κ2) is 5.97. The molecule has 0 spiro atoms. The average Bonchev–Trinajstić information content (AvgIpc) is 2.54. The zero-order valence-electron chi connectivity index (χ0n) is 11.4. The van der Waals surface area contributed by atoms with Crippen LogP contribution in [0, 0.1) is 0 Å². The second-order valence-corrected chi connectivity index (χ2v) is 4.69. The molecule has 0 aliphatic rings. The number of benzene rings is 2. The van der Waals surface area contributed by atoms with E-state index in [1.807, 2.05) is 36.4 Å². The van der Waals surface area contributed by atoms with E-state index in [-0.39, 0.29) is 6.01 Å². The fourth-order valence-corrected chi connectivity index (χ4v) is 2.34. The SMILES string of the molecule is COc1ccnc(Oc2cc(CCl)c3ccccc3c2)n1. The molecule has 0 saturated carbocycles. The molecular weight excluding hydrogens is 288 g/mol. The smallest absolute Gasteiger partial charge is 0.325 e. The van der Waals surface area contributed by atoms with Crippen LogP contribution < -0.4 is 9.47 Å². The molecule has 0 bridgehead atoms. The summed E-state index contributed by atoms with van der Waals surface area (Å²) in [7, 11) is 1.55. The highest BCUT2D eigenvalue weighted by molar-refractivity contribution is 6.18. The highest BCUT2D eigenvalue weighted by atomic mass is 35.5. The summed E-state index contributed by atoms with van der Waals surface area (Å²) >= 11 is 6.02. The van der Waals surface area contributed by atoms with Gasteiger partial charge in [0.1, 0.15) is 5.75 Å². The number of fused-ring (bicyclic) bond motifs is 1. The quantitative estimate of drug-likeness (QED) is 0.678. The molecule has 0 unspecified atom stereocenters. The Balaban J connectivity index is 2.00. The number of ether oxygens (including phenoxy) is 2. The normalized spacial score (nSPS) is 10.6. The first-order valence-corrected chi connectivity index (χ1v) is 6.96. The van der Waals surface area contributed by atoms with E-state index in [0.29, 0.717) is 17.5 Å². The van der Waals surface area contributed by atoms with Crippen LogP contribution in [0.1, 0.15) is 5.56 Å². The fourth-order valence-electron chi connectivity index (χ4n) is 2.12. The summed E-state index contributed by atoms with van der Waals surface area (Å²) in [6, 6.07) is 13.8. The number of aromatic nitrogens is 2. The lowest BCUT2D eigenvalue weighted by Gasteiger charge is -2.09. The first-order chi connectivity index (χ1) is 10.3.